The molecule has 0 N–H and O–H groups in total. The number of nitrogens with zero attached hydrogens (tertiary/aromatic N) is 1. The van der Waals surface area contributed by atoms with Crippen LogP contribution in [-0.4, -0.2) is 17.0 Å². The van der Waals surface area contributed by atoms with E-state index in [-0.39, 0.29) is 12.7 Å². The van der Waals surface area contributed by atoms with Gasteiger partial charge in [0.2, 0.25) is 6.79 Å². The number of rotatable bonds is 2. The van der Waals surface area contributed by atoms with Crippen LogP contribution in [0.25, 0.3) is 6.08 Å². The summed E-state index contributed by atoms with van der Waals surface area (Å²) in [6.45, 7) is 0.226. The first-order chi connectivity index (χ1) is 11.6. The molecule has 2 aliphatic rings. The zero-order chi connectivity index (χ0) is 16.7. The van der Waals surface area contributed by atoms with Crippen molar-refractivity contribution in [1.29, 1.82) is 0 Å². The van der Waals surface area contributed by atoms with Crippen molar-refractivity contribution >= 4 is 61.9 Å². The summed E-state index contributed by atoms with van der Waals surface area (Å²) in [5.74, 6) is 1.28. The molecule has 120 valence electrons. The SMILES string of the molecule is O=C1/C(=C/c2ccc3c(c2)OCO3)SC(=S)N1c1cccc(Br)c1. The Morgan fingerprint density at radius 1 is 1.17 bits per heavy atom. The molecule has 0 spiro atoms. The molecule has 4 nitrogen and oxygen atoms in total. The van der Waals surface area contributed by atoms with Crippen molar-refractivity contribution in [3.05, 3.63) is 57.4 Å². The summed E-state index contributed by atoms with van der Waals surface area (Å²) >= 11 is 10.1. The van der Waals surface area contributed by atoms with Gasteiger partial charge in [0.15, 0.2) is 15.8 Å². The molecule has 7 heteroatoms. The maximum atomic E-state index is 12.7. The van der Waals surface area contributed by atoms with Crippen LogP contribution in [0.5, 0.6) is 11.5 Å². The number of carbonyl (C=O) groups is 1. The highest BCUT2D eigenvalue weighted by Crippen LogP contribution is 2.38. The number of halogens is 1. The van der Waals surface area contributed by atoms with E-state index < -0.39 is 0 Å². The standard InChI is InChI=1S/C17H10BrNO3S2/c18-11-2-1-3-12(8-11)19-16(20)15(24-17(19)23)7-10-4-5-13-14(6-10)22-9-21-13/h1-8H,9H2/b15-7-. The van der Waals surface area contributed by atoms with Crippen LogP contribution in [0.3, 0.4) is 0 Å². The van der Waals surface area contributed by atoms with Crippen LogP contribution in [0.2, 0.25) is 0 Å². The lowest BCUT2D eigenvalue weighted by Gasteiger charge is -2.14. The summed E-state index contributed by atoms with van der Waals surface area (Å²) in [4.78, 5) is 14.9. The molecule has 0 radical (unpaired) electrons. The summed E-state index contributed by atoms with van der Waals surface area (Å²) in [6.07, 6.45) is 1.82. The van der Waals surface area contributed by atoms with Gasteiger partial charge in [-0.1, -0.05) is 52.0 Å². The predicted molar refractivity (Wildman–Crippen MR) is 102 cm³/mol. The van der Waals surface area contributed by atoms with E-state index in [1.54, 1.807) is 4.90 Å². The fraction of sp³-hybridized carbons (Fsp3) is 0.0588. The molecule has 0 aliphatic carbocycles. The predicted octanol–water partition coefficient (Wildman–Crippen LogP) is 4.58. The van der Waals surface area contributed by atoms with Gasteiger partial charge in [-0.15, -0.1) is 0 Å². The summed E-state index contributed by atoms with van der Waals surface area (Å²) < 4.78 is 12.1. The molecule has 0 aromatic heterocycles. The van der Waals surface area contributed by atoms with E-state index in [4.69, 9.17) is 21.7 Å². The van der Waals surface area contributed by atoms with E-state index in [1.807, 2.05) is 48.5 Å². The third kappa shape index (κ3) is 2.83. The van der Waals surface area contributed by atoms with E-state index in [9.17, 15) is 4.79 Å². The summed E-state index contributed by atoms with van der Waals surface area (Å²) in [5.41, 5.74) is 1.62. The van der Waals surface area contributed by atoms with E-state index >= 15 is 0 Å². The Balaban J connectivity index is 1.66. The first-order valence-corrected chi connectivity index (χ1v) is 9.07. The van der Waals surface area contributed by atoms with E-state index in [2.05, 4.69) is 15.9 Å². The molecule has 4 rings (SSSR count). The Morgan fingerprint density at radius 3 is 2.83 bits per heavy atom. The maximum absolute atomic E-state index is 12.7. The molecule has 24 heavy (non-hydrogen) atoms. The third-order valence-electron chi connectivity index (χ3n) is 3.55. The van der Waals surface area contributed by atoms with Gasteiger partial charge in [0.05, 0.1) is 10.6 Å². The Labute approximate surface area is 156 Å². The second-order valence-electron chi connectivity index (χ2n) is 5.11. The van der Waals surface area contributed by atoms with Crippen molar-refractivity contribution in [3.8, 4) is 11.5 Å². The second kappa shape index (κ2) is 6.23. The molecule has 0 bridgehead atoms. The van der Waals surface area contributed by atoms with Crippen LogP contribution < -0.4 is 14.4 Å². The molecule has 0 unspecified atom stereocenters. The number of ether oxygens (including phenoxy) is 2. The largest absolute Gasteiger partial charge is 0.454 e. The molecule has 2 aromatic rings. The summed E-state index contributed by atoms with van der Waals surface area (Å²) in [7, 11) is 0. The monoisotopic (exact) mass is 419 g/mol. The lowest BCUT2D eigenvalue weighted by Crippen LogP contribution is -2.27. The number of amides is 1. The minimum absolute atomic E-state index is 0.124. The molecule has 1 fully saturated rings. The van der Waals surface area contributed by atoms with E-state index in [0.717, 1.165) is 15.7 Å². The number of carbonyl (C=O) groups excluding carboxylic acids is 1. The number of benzene rings is 2. The van der Waals surface area contributed by atoms with Crippen LogP contribution in [0.4, 0.5) is 5.69 Å². The highest BCUT2D eigenvalue weighted by molar-refractivity contribution is 9.10. The Morgan fingerprint density at radius 2 is 2.00 bits per heavy atom. The molecule has 0 atom stereocenters. The fourth-order valence-corrected chi connectivity index (χ4v) is 4.15. The number of anilines is 1. The average molecular weight is 420 g/mol. The van der Waals surface area contributed by atoms with Crippen molar-refractivity contribution in [1.82, 2.24) is 0 Å². The number of thiocarbonyl (C=S) groups is 1. The topological polar surface area (TPSA) is 38.8 Å². The highest BCUT2D eigenvalue weighted by atomic mass is 79.9. The summed E-state index contributed by atoms with van der Waals surface area (Å²) in [5, 5.41) is 0. The van der Waals surface area contributed by atoms with Gasteiger partial charge in [-0.25, -0.2) is 0 Å². The molecule has 1 saturated heterocycles. The van der Waals surface area contributed by atoms with Gasteiger partial charge in [-0.2, -0.15) is 0 Å². The van der Waals surface area contributed by atoms with Gasteiger partial charge < -0.3 is 9.47 Å². The summed E-state index contributed by atoms with van der Waals surface area (Å²) in [6, 6.07) is 13.1. The van der Waals surface area contributed by atoms with Crippen LogP contribution in [-0.2, 0) is 4.79 Å². The molecule has 0 saturated carbocycles. The zero-order valence-electron chi connectivity index (χ0n) is 12.2. The first-order valence-electron chi connectivity index (χ1n) is 7.05. The lowest BCUT2D eigenvalue weighted by atomic mass is 10.2. The zero-order valence-corrected chi connectivity index (χ0v) is 15.4. The van der Waals surface area contributed by atoms with E-state index in [0.29, 0.717) is 20.7 Å². The second-order valence-corrected chi connectivity index (χ2v) is 7.70. The van der Waals surface area contributed by atoms with Crippen molar-refractivity contribution < 1.29 is 14.3 Å². The number of hydrogen-bond acceptors (Lipinski definition) is 5. The maximum Gasteiger partial charge on any atom is 0.270 e. The average Bonchev–Trinajstić information content (AvgIpc) is 3.12. The van der Waals surface area contributed by atoms with Gasteiger partial charge >= 0.3 is 0 Å². The van der Waals surface area contributed by atoms with Crippen LogP contribution >= 0.6 is 39.9 Å². The number of hydrogen-bond donors (Lipinski definition) is 0. The van der Waals surface area contributed by atoms with Crippen LogP contribution in [0.1, 0.15) is 5.56 Å². The minimum Gasteiger partial charge on any atom is -0.454 e. The molecule has 2 aliphatic heterocycles. The Hall–Kier alpha value is -1.83. The van der Waals surface area contributed by atoms with Gasteiger partial charge in [0.25, 0.3) is 5.91 Å². The number of thioether (sulfide) groups is 1. The van der Waals surface area contributed by atoms with Crippen LogP contribution in [0.15, 0.2) is 51.8 Å². The Kier molecular flexibility index (Phi) is 4.07. The van der Waals surface area contributed by atoms with Crippen molar-refractivity contribution in [2.24, 2.45) is 0 Å². The quantitative estimate of drug-likeness (QED) is 0.525. The normalized spacial score (nSPS) is 17.9. The van der Waals surface area contributed by atoms with Crippen molar-refractivity contribution in [2.75, 3.05) is 11.7 Å². The minimum atomic E-state index is -0.124. The van der Waals surface area contributed by atoms with Gasteiger partial charge in [0.1, 0.15) is 0 Å². The molecular formula is C17H10BrNO3S2. The van der Waals surface area contributed by atoms with Gasteiger partial charge in [0, 0.05) is 4.47 Å². The van der Waals surface area contributed by atoms with Gasteiger partial charge in [-0.3, -0.25) is 9.69 Å². The third-order valence-corrected chi connectivity index (χ3v) is 5.35. The lowest BCUT2D eigenvalue weighted by molar-refractivity contribution is -0.113. The van der Waals surface area contributed by atoms with Crippen molar-refractivity contribution in [3.63, 3.8) is 0 Å². The van der Waals surface area contributed by atoms with Gasteiger partial charge in [-0.05, 0) is 42.0 Å². The van der Waals surface area contributed by atoms with Crippen molar-refractivity contribution in [2.45, 2.75) is 0 Å². The highest BCUT2D eigenvalue weighted by Gasteiger charge is 2.33. The molecular weight excluding hydrogens is 410 g/mol. The number of fused-ring (bicyclic) bond motifs is 1. The molecule has 2 heterocycles. The molecule has 1 amide bonds. The smallest absolute Gasteiger partial charge is 0.270 e. The Bertz CT molecular complexity index is 897. The fourth-order valence-electron chi connectivity index (χ4n) is 2.46. The van der Waals surface area contributed by atoms with E-state index in [1.165, 1.54) is 11.8 Å². The first kappa shape index (κ1) is 15.7. The van der Waals surface area contributed by atoms with Crippen LogP contribution in [0, 0.1) is 0 Å². The molecule has 2 aromatic carbocycles.